The third kappa shape index (κ3) is 2.90. The lowest BCUT2D eigenvalue weighted by molar-refractivity contribution is -0.133. The van der Waals surface area contributed by atoms with Gasteiger partial charge in [-0.25, -0.2) is 4.98 Å². The van der Waals surface area contributed by atoms with Gasteiger partial charge in [-0.15, -0.1) is 11.3 Å². The first-order valence-electron chi connectivity index (χ1n) is 6.60. The number of hydrogen-bond acceptors (Lipinski definition) is 4. The molecule has 1 aromatic heterocycles. The van der Waals surface area contributed by atoms with Crippen LogP contribution in [0, 0.1) is 0 Å². The number of thiazole rings is 1. The fraction of sp³-hybridized carbons (Fsp3) is 0.692. The van der Waals surface area contributed by atoms with Gasteiger partial charge in [-0.2, -0.15) is 0 Å². The van der Waals surface area contributed by atoms with Crippen molar-refractivity contribution in [3.8, 4) is 0 Å². The predicted octanol–water partition coefficient (Wildman–Crippen LogP) is 1.76. The number of aromatic nitrogens is 1. The fourth-order valence-electron chi connectivity index (χ4n) is 2.34. The highest BCUT2D eigenvalue weighted by Gasteiger charge is 2.27. The van der Waals surface area contributed by atoms with Crippen molar-refractivity contribution >= 4 is 17.2 Å². The van der Waals surface area contributed by atoms with Crippen molar-refractivity contribution in [1.82, 2.24) is 9.88 Å². The Morgan fingerprint density at radius 3 is 3.11 bits per heavy atom. The largest absolute Gasteiger partial charge is 0.341 e. The van der Waals surface area contributed by atoms with Crippen LogP contribution in [-0.2, 0) is 11.2 Å². The van der Waals surface area contributed by atoms with Gasteiger partial charge in [0.2, 0.25) is 5.91 Å². The molecule has 0 spiro atoms. The molecule has 5 heteroatoms. The minimum atomic E-state index is -0.397. The van der Waals surface area contributed by atoms with Gasteiger partial charge in [0.1, 0.15) is 0 Å². The number of piperidine rings is 1. The van der Waals surface area contributed by atoms with E-state index in [9.17, 15) is 4.79 Å². The summed E-state index contributed by atoms with van der Waals surface area (Å²) in [6, 6.07) is -0.397. The maximum Gasteiger partial charge on any atom is 0.239 e. The SMILES string of the molecule is CCc1csc(C2CCCN(C(=O)[C@@H](C)N)C2)n1. The van der Waals surface area contributed by atoms with Crippen LogP contribution >= 0.6 is 11.3 Å². The molecule has 4 nitrogen and oxygen atoms in total. The van der Waals surface area contributed by atoms with Gasteiger partial charge < -0.3 is 10.6 Å². The van der Waals surface area contributed by atoms with Gasteiger partial charge >= 0.3 is 0 Å². The molecule has 2 heterocycles. The van der Waals surface area contributed by atoms with E-state index < -0.39 is 6.04 Å². The number of amides is 1. The lowest BCUT2D eigenvalue weighted by Crippen LogP contribution is -2.46. The van der Waals surface area contributed by atoms with Crippen LogP contribution < -0.4 is 5.73 Å². The molecule has 100 valence electrons. The van der Waals surface area contributed by atoms with Gasteiger partial charge in [-0.1, -0.05) is 6.92 Å². The number of nitrogens with two attached hydrogens (primary N) is 1. The number of hydrogen-bond donors (Lipinski definition) is 1. The van der Waals surface area contributed by atoms with E-state index >= 15 is 0 Å². The van der Waals surface area contributed by atoms with Crippen molar-refractivity contribution in [3.05, 3.63) is 16.1 Å². The van der Waals surface area contributed by atoms with Crippen LogP contribution in [0.4, 0.5) is 0 Å². The van der Waals surface area contributed by atoms with Crippen molar-refractivity contribution in [2.24, 2.45) is 5.73 Å². The normalized spacial score (nSPS) is 21.9. The third-order valence-corrected chi connectivity index (χ3v) is 4.46. The Morgan fingerprint density at radius 1 is 1.72 bits per heavy atom. The summed E-state index contributed by atoms with van der Waals surface area (Å²) >= 11 is 1.72. The first-order valence-corrected chi connectivity index (χ1v) is 7.48. The summed E-state index contributed by atoms with van der Waals surface area (Å²) in [7, 11) is 0. The first kappa shape index (κ1) is 13.5. The molecule has 1 amide bonds. The summed E-state index contributed by atoms with van der Waals surface area (Å²) in [5.41, 5.74) is 6.83. The lowest BCUT2D eigenvalue weighted by Gasteiger charge is -2.32. The molecule has 0 aliphatic carbocycles. The van der Waals surface area contributed by atoms with E-state index in [1.807, 2.05) is 4.90 Å². The van der Waals surface area contributed by atoms with E-state index in [0.29, 0.717) is 5.92 Å². The molecule has 0 aromatic carbocycles. The smallest absolute Gasteiger partial charge is 0.239 e. The van der Waals surface area contributed by atoms with Crippen LogP contribution in [0.25, 0.3) is 0 Å². The van der Waals surface area contributed by atoms with Crippen molar-refractivity contribution in [2.75, 3.05) is 13.1 Å². The molecule has 2 N–H and O–H groups in total. The number of rotatable bonds is 3. The minimum absolute atomic E-state index is 0.0620. The summed E-state index contributed by atoms with van der Waals surface area (Å²) in [5.74, 6) is 0.457. The third-order valence-electron chi connectivity index (χ3n) is 3.40. The summed E-state index contributed by atoms with van der Waals surface area (Å²) in [5, 5.41) is 3.30. The van der Waals surface area contributed by atoms with Crippen molar-refractivity contribution in [1.29, 1.82) is 0 Å². The number of carbonyl (C=O) groups excluding carboxylic acids is 1. The molecule has 1 saturated heterocycles. The Bertz CT molecular complexity index is 416. The Balaban J connectivity index is 2.04. The fourth-order valence-corrected chi connectivity index (χ4v) is 3.37. The molecule has 1 aromatic rings. The Hall–Kier alpha value is -0.940. The molecule has 1 aliphatic rings. The molecular weight excluding hydrogens is 246 g/mol. The van der Waals surface area contributed by atoms with Crippen LogP contribution in [0.1, 0.15) is 43.3 Å². The second-order valence-corrected chi connectivity index (χ2v) is 5.83. The highest BCUT2D eigenvalue weighted by molar-refractivity contribution is 7.09. The second kappa shape index (κ2) is 5.80. The minimum Gasteiger partial charge on any atom is -0.341 e. The summed E-state index contributed by atoms with van der Waals surface area (Å²) in [6.07, 6.45) is 3.15. The average Bonchev–Trinajstić information content (AvgIpc) is 2.86. The van der Waals surface area contributed by atoms with Gasteiger partial charge in [-0.05, 0) is 26.2 Å². The van der Waals surface area contributed by atoms with E-state index in [0.717, 1.165) is 38.0 Å². The maximum atomic E-state index is 11.9. The first-order chi connectivity index (χ1) is 8.61. The van der Waals surface area contributed by atoms with Gasteiger partial charge in [0.25, 0.3) is 0 Å². The number of aryl methyl sites for hydroxylation is 1. The predicted molar refractivity (Wildman–Crippen MR) is 73.7 cm³/mol. The summed E-state index contributed by atoms with van der Waals surface area (Å²) in [6.45, 7) is 5.48. The lowest BCUT2D eigenvalue weighted by atomic mass is 9.98. The van der Waals surface area contributed by atoms with Crippen LogP contribution in [0.3, 0.4) is 0 Å². The molecule has 2 rings (SSSR count). The summed E-state index contributed by atoms with van der Waals surface area (Å²) < 4.78 is 0. The van der Waals surface area contributed by atoms with E-state index in [2.05, 4.69) is 17.3 Å². The highest BCUT2D eigenvalue weighted by atomic mass is 32.1. The summed E-state index contributed by atoms with van der Waals surface area (Å²) in [4.78, 5) is 18.5. The molecule has 18 heavy (non-hydrogen) atoms. The number of nitrogens with zero attached hydrogens (tertiary/aromatic N) is 2. The number of likely N-dealkylation sites (tertiary alicyclic amines) is 1. The Morgan fingerprint density at radius 2 is 2.50 bits per heavy atom. The molecule has 0 bridgehead atoms. The zero-order chi connectivity index (χ0) is 13.1. The monoisotopic (exact) mass is 267 g/mol. The quantitative estimate of drug-likeness (QED) is 0.908. The van der Waals surface area contributed by atoms with Gasteiger partial charge in [0.15, 0.2) is 0 Å². The van der Waals surface area contributed by atoms with E-state index in [1.165, 1.54) is 5.01 Å². The second-order valence-electron chi connectivity index (χ2n) is 4.94. The molecule has 2 atom stereocenters. The molecule has 1 unspecified atom stereocenters. The van der Waals surface area contributed by atoms with E-state index in [4.69, 9.17) is 5.73 Å². The van der Waals surface area contributed by atoms with Gasteiger partial charge in [-0.3, -0.25) is 4.79 Å². The molecule has 1 aliphatic heterocycles. The van der Waals surface area contributed by atoms with Crippen LogP contribution in [0.2, 0.25) is 0 Å². The van der Waals surface area contributed by atoms with Gasteiger partial charge in [0.05, 0.1) is 16.7 Å². The highest BCUT2D eigenvalue weighted by Crippen LogP contribution is 2.29. The maximum absolute atomic E-state index is 11.9. The van der Waals surface area contributed by atoms with Crippen molar-refractivity contribution < 1.29 is 4.79 Å². The van der Waals surface area contributed by atoms with Crippen molar-refractivity contribution in [2.45, 2.75) is 45.1 Å². The van der Waals surface area contributed by atoms with E-state index in [1.54, 1.807) is 18.3 Å². The Labute approximate surface area is 112 Å². The zero-order valence-corrected chi connectivity index (χ0v) is 11.9. The zero-order valence-electron chi connectivity index (χ0n) is 11.1. The van der Waals surface area contributed by atoms with Gasteiger partial charge in [0, 0.05) is 24.4 Å². The van der Waals surface area contributed by atoms with Crippen molar-refractivity contribution in [3.63, 3.8) is 0 Å². The average molecular weight is 267 g/mol. The Kier molecular flexibility index (Phi) is 4.35. The molecular formula is C13H21N3OS. The van der Waals surface area contributed by atoms with Crippen LogP contribution in [0.5, 0.6) is 0 Å². The van der Waals surface area contributed by atoms with E-state index in [-0.39, 0.29) is 5.91 Å². The molecule has 1 fully saturated rings. The molecule has 0 saturated carbocycles. The topological polar surface area (TPSA) is 59.2 Å². The standard InChI is InChI=1S/C13H21N3OS/c1-3-11-8-18-12(15-11)10-5-4-6-16(7-10)13(17)9(2)14/h8-10H,3-7,14H2,1-2H3/t9-,10?/m1/s1. The van der Waals surface area contributed by atoms with Crippen LogP contribution in [0.15, 0.2) is 5.38 Å². The molecule has 0 radical (unpaired) electrons. The van der Waals surface area contributed by atoms with Crippen LogP contribution in [-0.4, -0.2) is 34.9 Å². The number of carbonyl (C=O) groups is 1.